The van der Waals surface area contributed by atoms with Crippen LogP contribution in [-0.4, -0.2) is 67.6 Å². The Kier molecular flexibility index (Phi) is 10.6. The van der Waals surface area contributed by atoms with Crippen molar-refractivity contribution >= 4 is 55.1 Å². The Morgan fingerprint density at radius 2 is 1.53 bits per heavy atom. The third-order valence-electron chi connectivity index (χ3n) is 5.96. The lowest BCUT2D eigenvalue weighted by molar-refractivity contribution is -0.139. The van der Waals surface area contributed by atoms with Crippen molar-refractivity contribution in [3.05, 3.63) is 94.0 Å². The summed E-state index contributed by atoms with van der Waals surface area (Å²) in [6.45, 7) is -0.267. The van der Waals surface area contributed by atoms with Crippen LogP contribution in [0.25, 0.3) is 0 Å². The summed E-state index contributed by atoms with van der Waals surface area (Å²) in [4.78, 5) is 47.6. The monoisotopic (exact) mass is 652 g/mol. The lowest BCUT2D eigenvalue weighted by Crippen LogP contribution is -2.44. The van der Waals surface area contributed by atoms with Gasteiger partial charge >= 0.3 is 11.9 Å². The lowest BCUT2D eigenvalue weighted by atomic mass is 10.1. The summed E-state index contributed by atoms with van der Waals surface area (Å²) in [6.07, 6.45) is -0.868. The van der Waals surface area contributed by atoms with Crippen molar-refractivity contribution in [1.82, 2.24) is 10.0 Å². The normalized spacial score (nSPS) is 12.3. The minimum Gasteiger partial charge on any atom is -0.507 e. The maximum atomic E-state index is 12.8. The molecule has 3 aromatic carbocycles. The number of carboxylic acid groups (broad SMARTS) is 2. The average Bonchev–Trinajstić information content (AvgIpc) is 2.92. The molecule has 5 N–H and O–H groups in total. The highest BCUT2D eigenvalue weighted by molar-refractivity contribution is 7.91. The van der Waals surface area contributed by atoms with E-state index in [2.05, 4.69) is 10.0 Å². The zero-order chi connectivity index (χ0) is 31.9. The lowest BCUT2D eigenvalue weighted by Gasteiger charge is -2.16. The molecule has 0 bridgehead atoms. The molecule has 16 heteroatoms. The van der Waals surface area contributed by atoms with Gasteiger partial charge in [-0.3, -0.25) is 14.4 Å². The van der Waals surface area contributed by atoms with Crippen molar-refractivity contribution in [3.63, 3.8) is 0 Å². The summed E-state index contributed by atoms with van der Waals surface area (Å²) in [5, 5.41) is 30.3. The van der Waals surface area contributed by atoms with Crippen LogP contribution in [0.1, 0.15) is 38.3 Å². The smallest absolute Gasteiger partial charge is 0.339 e. The predicted molar refractivity (Wildman–Crippen MR) is 153 cm³/mol. The number of aromatic carboxylic acids is 1. The number of rotatable bonds is 14. The Morgan fingerprint density at radius 1 is 0.884 bits per heavy atom. The van der Waals surface area contributed by atoms with Gasteiger partial charge in [-0.05, 0) is 47.5 Å². The number of ketones is 1. The fraction of sp³-hybridized carbons (Fsp3) is 0.185. The fourth-order valence-corrected chi connectivity index (χ4v) is 6.56. The molecule has 0 saturated carbocycles. The maximum Gasteiger partial charge on any atom is 0.339 e. The highest BCUT2D eigenvalue weighted by Crippen LogP contribution is 2.22. The van der Waals surface area contributed by atoms with E-state index in [0.717, 1.165) is 18.2 Å². The molecule has 0 aromatic heterocycles. The van der Waals surface area contributed by atoms with Crippen LogP contribution < -0.4 is 10.0 Å². The summed E-state index contributed by atoms with van der Waals surface area (Å²) in [6, 6.07) is 12.5. The summed E-state index contributed by atoms with van der Waals surface area (Å²) in [7, 11) is -8.25. The number of nitrogens with one attached hydrogen (secondary N) is 2. The van der Waals surface area contributed by atoms with E-state index in [-0.39, 0.29) is 22.7 Å². The topological polar surface area (TPSA) is 221 Å². The van der Waals surface area contributed by atoms with Gasteiger partial charge in [0, 0.05) is 17.1 Å². The third kappa shape index (κ3) is 9.34. The van der Waals surface area contributed by atoms with Crippen LogP contribution in [0.5, 0.6) is 5.75 Å². The Balaban J connectivity index is 1.66. The van der Waals surface area contributed by atoms with Gasteiger partial charge in [-0.25, -0.2) is 26.4 Å². The van der Waals surface area contributed by atoms with E-state index in [0.29, 0.717) is 5.56 Å². The number of benzene rings is 3. The first kappa shape index (κ1) is 33.2. The SMILES string of the molecule is O=C(O)C[C@H](NC(=O)c1ccc(CNS(=O)(=O)c2ccc(O)c(C(=O)O)c2)cc1)C(=O)CS(=O)(=O)Cc1ccccc1Cl. The van der Waals surface area contributed by atoms with E-state index in [1.165, 1.54) is 36.4 Å². The summed E-state index contributed by atoms with van der Waals surface area (Å²) < 4.78 is 52.6. The second-order valence-corrected chi connectivity index (χ2v) is 13.5. The Morgan fingerprint density at radius 3 is 2.14 bits per heavy atom. The second-order valence-electron chi connectivity index (χ2n) is 9.22. The van der Waals surface area contributed by atoms with E-state index in [4.69, 9.17) is 16.7 Å². The van der Waals surface area contributed by atoms with Crippen LogP contribution in [0.3, 0.4) is 0 Å². The van der Waals surface area contributed by atoms with E-state index < -0.39 is 83.7 Å². The Hall–Kier alpha value is -4.31. The summed E-state index contributed by atoms with van der Waals surface area (Å²) in [5.74, 6) is -7.08. The van der Waals surface area contributed by atoms with Gasteiger partial charge in [0.15, 0.2) is 15.6 Å². The summed E-state index contributed by atoms with van der Waals surface area (Å²) in [5.41, 5.74) is 0.00176. The van der Waals surface area contributed by atoms with Crippen LogP contribution in [0, 0.1) is 0 Å². The van der Waals surface area contributed by atoms with Crippen molar-refractivity contribution in [2.75, 3.05) is 5.75 Å². The molecule has 43 heavy (non-hydrogen) atoms. The molecule has 0 saturated heterocycles. The first-order valence-electron chi connectivity index (χ1n) is 12.2. The summed E-state index contributed by atoms with van der Waals surface area (Å²) >= 11 is 5.99. The molecule has 0 aliphatic carbocycles. The number of aromatic hydroxyl groups is 1. The van der Waals surface area contributed by atoms with Gasteiger partial charge in [-0.1, -0.05) is 41.9 Å². The van der Waals surface area contributed by atoms with E-state index in [9.17, 15) is 46.2 Å². The zero-order valence-corrected chi connectivity index (χ0v) is 24.4. The van der Waals surface area contributed by atoms with Gasteiger partial charge in [-0.2, -0.15) is 0 Å². The molecule has 1 amide bonds. The largest absolute Gasteiger partial charge is 0.507 e. The minimum atomic E-state index is -4.19. The number of carboxylic acids is 2. The standard InChI is InChI=1S/C27H25ClN2O11S2/c28-21-4-2-1-3-18(21)14-42(38,39)15-24(32)22(12-25(33)34)30-26(35)17-7-5-16(6-8-17)13-29-43(40,41)19-9-10-23(31)20(11-19)27(36)37/h1-11,22,29,31H,12-15H2,(H,30,35)(H,33,34)(H,36,37)/t22-/m0/s1. The fourth-order valence-electron chi connectivity index (χ4n) is 3.77. The number of aliphatic carboxylic acids is 1. The molecule has 0 unspecified atom stereocenters. The zero-order valence-electron chi connectivity index (χ0n) is 22.1. The number of phenols is 1. The van der Waals surface area contributed by atoms with Gasteiger partial charge in [0.2, 0.25) is 10.0 Å². The van der Waals surface area contributed by atoms with Crippen molar-refractivity contribution < 1.29 is 51.3 Å². The molecule has 1 atom stereocenters. The molecule has 228 valence electrons. The average molecular weight is 653 g/mol. The molecule has 0 radical (unpaired) electrons. The first-order valence-corrected chi connectivity index (χ1v) is 15.9. The first-order chi connectivity index (χ1) is 20.1. The number of hydrogen-bond donors (Lipinski definition) is 5. The van der Waals surface area contributed by atoms with Crippen LogP contribution in [0.2, 0.25) is 5.02 Å². The molecule has 0 aliphatic rings. The van der Waals surface area contributed by atoms with Gasteiger partial charge in [0.1, 0.15) is 17.1 Å². The number of halogens is 1. The van der Waals surface area contributed by atoms with Crippen LogP contribution in [-0.2, 0) is 41.7 Å². The molecule has 0 fully saturated rings. The number of sulfone groups is 1. The number of carbonyl (C=O) groups is 4. The molecule has 0 heterocycles. The van der Waals surface area contributed by atoms with Gasteiger partial charge < -0.3 is 20.6 Å². The second kappa shape index (κ2) is 13.8. The van der Waals surface area contributed by atoms with E-state index >= 15 is 0 Å². The molecule has 13 nitrogen and oxygen atoms in total. The van der Waals surface area contributed by atoms with Crippen LogP contribution in [0.4, 0.5) is 0 Å². The number of sulfonamides is 1. The van der Waals surface area contributed by atoms with Crippen LogP contribution in [0.15, 0.2) is 71.6 Å². The molecular formula is C27H25ClN2O11S2. The quantitative estimate of drug-likeness (QED) is 0.169. The third-order valence-corrected chi connectivity index (χ3v) is 9.20. The molecule has 0 spiro atoms. The van der Waals surface area contributed by atoms with Gasteiger partial charge in [0.05, 0.1) is 23.1 Å². The molecular weight excluding hydrogens is 628 g/mol. The van der Waals surface area contributed by atoms with Crippen molar-refractivity contribution in [1.29, 1.82) is 0 Å². The van der Waals surface area contributed by atoms with Gasteiger partial charge in [0.25, 0.3) is 5.91 Å². The van der Waals surface area contributed by atoms with Gasteiger partial charge in [-0.15, -0.1) is 0 Å². The highest BCUT2D eigenvalue weighted by Gasteiger charge is 2.29. The Labute approximate surface area is 251 Å². The van der Waals surface area contributed by atoms with Crippen molar-refractivity contribution in [2.24, 2.45) is 0 Å². The van der Waals surface area contributed by atoms with Crippen molar-refractivity contribution in [2.45, 2.75) is 29.7 Å². The van der Waals surface area contributed by atoms with E-state index in [1.807, 2.05) is 0 Å². The van der Waals surface area contributed by atoms with E-state index in [1.54, 1.807) is 12.1 Å². The van der Waals surface area contributed by atoms with Crippen LogP contribution >= 0.6 is 11.6 Å². The number of carbonyl (C=O) groups excluding carboxylic acids is 2. The van der Waals surface area contributed by atoms with Crippen molar-refractivity contribution in [3.8, 4) is 5.75 Å². The highest BCUT2D eigenvalue weighted by atomic mass is 35.5. The number of Topliss-reactive ketones (excluding diaryl/α,β-unsaturated/α-hetero) is 1. The predicted octanol–water partition coefficient (Wildman–Crippen LogP) is 1.98. The number of hydrogen-bond acceptors (Lipinski definition) is 9. The number of amides is 1. The minimum absolute atomic E-state index is 0.0293. The molecule has 0 aliphatic heterocycles. The molecule has 3 rings (SSSR count). The Bertz CT molecular complexity index is 1770. The molecule has 3 aromatic rings. The maximum absolute atomic E-state index is 12.8.